The van der Waals surface area contributed by atoms with Gasteiger partial charge in [-0.2, -0.15) is 10.1 Å². The zero-order valence-electron chi connectivity index (χ0n) is 9.61. The standard InChI is InChI=1S/C11H13N5O/c1-7-3-4-9(5-8(7)2)14-11(17)15-10-12-6-13-16-10/h3-6H,1-2H3,(H3,12,13,14,15,16,17). The number of carbonyl (C=O) groups is 1. The van der Waals surface area contributed by atoms with Crippen molar-refractivity contribution in [1.29, 1.82) is 0 Å². The number of aromatic nitrogens is 3. The lowest BCUT2D eigenvalue weighted by atomic mass is 10.1. The summed E-state index contributed by atoms with van der Waals surface area (Å²) < 4.78 is 0. The number of aryl methyl sites for hydroxylation is 2. The summed E-state index contributed by atoms with van der Waals surface area (Å²) in [5.41, 5.74) is 3.05. The number of nitrogens with zero attached hydrogens (tertiary/aromatic N) is 2. The molecule has 0 bridgehead atoms. The number of carbonyl (C=O) groups excluding carboxylic acids is 1. The van der Waals surface area contributed by atoms with Gasteiger partial charge in [0.1, 0.15) is 6.33 Å². The van der Waals surface area contributed by atoms with Crippen molar-refractivity contribution in [1.82, 2.24) is 15.2 Å². The van der Waals surface area contributed by atoms with E-state index in [9.17, 15) is 4.79 Å². The highest BCUT2D eigenvalue weighted by atomic mass is 16.2. The fourth-order valence-electron chi connectivity index (χ4n) is 1.35. The Hall–Kier alpha value is -2.37. The average molecular weight is 231 g/mol. The number of anilines is 2. The first-order valence-corrected chi connectivity index (χ1v) is 5.16. The van der Waals surface area contributed by atoms with Crippen molar-refractivity contribution in [2.24, 2.45) is 0 Å². The first-order chi connectivity index (χ1) is 8.15. The number of nitrogens with one attached hydrogen (secondary N) is 3. The maximum Gasteiger partial charge on any atom is 0.326 e. The summed E-state index contributed by atoms with van der Waals surface area (Å²) in [5, 5.41) is 11.4. The predicted octanol–water partition coefficient (Wildman–Crippen LogP) is 2.07. The molecule has 0 unspecified atom stereocenters. The highest BCUT2D eigenvalue weighted by molar-refractivity contribution is 5.98. The van der Waals surface area contributed by atoms with E-state index < -0.39 is 0 Å². The lowest BCUT2D eigenvalue weighted by Crippen LogP contribution is -2.20. The topological polar surface area (TPSA) is 82.7 Å². The molecule has 2 rings (SSSR count). The van der Waals surface area contributed by atoms with E-state index in [4.69, 9.17) is 0 Å². The number of benzene rings is 1. The Morgan fingerprint density at radius 2 is 2.06 bits per heavy atom. The summed E-state index contributed by atoms with van der Waals surface area (Å²) in [6.45, 7) is 4.02. The van der Waals surface area contributed by atoms with Crippen molar-refractivity contribution in [3.05, 3.63) is 35.7 Å². The Kier molecular flexibility index (Phi) is 3.04. The third kappa shape index (κ3) is 2.81. The van der Waals surface area contributed by atoms with Crippen LogP contribution < -0.4 is 10.6 Å². The fraction of sp³-hybridized carbons (Fsp3) is 0.182. The van der Waals surface area contributed by atoms with Crippen molar-refractivity contribution in [2.75, 3.05) is 10.6 Å². The zero-order valence-corrected chi connectivity index (χ0v) is 9.61. The summed E-state index contributed by atoms with van der Waals surface area (Å²) in [4.78, 5) is 15.4. The van der Waals surface area contributed by atoms with Crippen molar-refractivity contribution >= 4 is 17.7 Å². The molecule has 0 saturated heterocycles. The van der Waals surface area contributed by atoms with E-state index in [1.54, 1.807) is 0 Å². The number of aromatic amines is 1. The SMILES string of the molecule is Cc1ccc(NC(=O)Nc2ncn[nH]2)cc1C. The molecule has 2 aromatic rings. The van der Waals surface area contributed by atoms with Crippen molar-refractivity contribution in [2.45, 2.75) is 13.8 Å². The molecule has 6 nitrogen and oxygen atoms in total. The molecule has 0 atom stereocenters. The molecule has 0 aliphatic heterocycles. The molecule has 3 N–H and O–H groups in total. The number of urea groups is 1. The van der Waals surface area contributed by atoms with E-state index in [2.05, 4.69) is 25.8 Å². The average Bonchev–Trinajstić information content (AvgIpc) is 2.76. The van der Waals surface area contributed by atoms with Gasteiger partial charge in [-0.25, -0.2) is 9.89 Å². The highest BCUT2D eigenvalue weighted by Gasteiger charge is 2.04. The van der Waals surface area contributed by atoms with Crippen LogP contribution in [0.25, 0.3) is 0 Å². The fourth-order valence-corrected chi connectivity index (χ4v) is 1.35. The van der Waals surface area contributed by atoms with Gasteiger partial charge in [0.05, 0.1) is 0 Å². The molecular formula is C11H13N5O. The van der Waals surface area contributed by atoms with Crippen LogP contribution in [0.1, 0.15) is 11.1 Å². The van der Waals surface area contributed by atoms with Gasteiger partial charge < -0.3 is 5.32 Å². The molecule has 0 saturated carbocycles. The molecular weight excluding hydrogens is 218 g/mol. The second-order valence-corrected chi connectivity index (χ2v) is 3.71. The van der Waals surface area contributed by atoms with Crippen molar-refractivity contribution < 1.29 is 4.79 Å². The monoisotopic (exact) mass is 231 g/mol. The quantitative estimate of drug-likeness (QED) is 0.739. The summed E-state index contributed by atoms with van der Waals surface area (Å²) in [7, 11) is 0. The molecule has 2 amide bonds. The largest absolute Gasteiger partial charge is 0.326 e. The van der Waals surface area contributed by atoms with Gasteiger partial charge in [-0.15, -0.1) is 0 Å². The van der Waals surface area contributed by atoms with Crippen LogP contribution in [0, 0.1) is 13.8 Å². The summed E-state index contributed by atoms with van der Waals surface area (Å²) in [6.07, 6.45) is 1.33. The van der Waals surface area contributed by atoms with Crippen molar-refractivity contribution in [3.8, 4) is 0 Å². The second-order valence-electron chi connectivity index (χ2n) is 3.71. The molecule has 6 heteroatoms. The van der Waals surface area contributed by atoms with E-state index in [0.717, 1.165) is 11.3 Å². The van der Waals surface area contributed by atoms with E-state index >= 15 is 0 Å². The van der Waals surface area contributed by atoms with Crippen LogP contribution in [0.15, 0.2) is 24.5 Å². The summed E-state index contributed by atoms with van der Waals surface area (Å²) in [6, 6.07) is 5.36. The van der Waals surface area contributed by atoms with Gasteiger partial charge in [0.25, 0.3) is 0 Å². The number of amides is 2. The van der Waals surface area contributed by atoms with E-state index in [0.29, 0.717) is 5.95 Å². The lowest BCUT2D eigenvalue weighted by molar-refractivity contribution is 0.262. The molecule has 88 valence electrons. The number of H-pyrrole nitrogens is 1. The molecule has 0 aliphatic rings. The van der Waals surface area contributed by atoms with Gasteiger partial charge in [0.2, 0.25) is 5.95 Å². The number of hydrogen-bond acceptors (Lipinski definition) is 3. The van der Waals surface area contributed by atoms with Crippen LogP contribution >= 0.6 is 0 Å². The van der Waals surface area contributed by atoms with Crippen LogP contribution in [-0.2, 0) is 0 Å². The van der Waals surface area contributed by atoms with Gasteiger partial charge in [-0.05, 0) is 37.1 Å². The van der Waals surface area contributed by atoms with E-state index in [-0.39, 0.29) is 6.03 Å². The Morgan fingerprint density at radius 3 is 2.71 bits per heavy atom. The van der Waals surface area contributed by atoms with Crippen LogP contribution in [0.2, 0.25) is 0 Å². The van der Waals surface area contributed by atoms with Crippen LogP contribution in [-0.4, -0.2) is 21.2 Å². The number of hydrogen-bond donors (Lipinski definition) is 3. The lowest BCUT2D eigenvalue weighted by Gasteiger charge is -2.07. The molecule has 1 heterocycles. The maximum absolute atomic E-state index is 11.6. The Morgan fingerprint density at radius 1 is 1.24 bits per heavy atom. The van der Waals surface area contributed by atoms with Crippen LogP contribution in [0.5, 0.6) is 0 Å². The normalized spacial score (nSPS) is 10.0. The molecule has 17 heavy (non-hydrogen) atoms. The van der Waals surface area contributed by atoms with Gasteiger partial charge in [0, 0.05) is 5.69 Å². The second kappa shape index (κ2) is 4.65. The minimum Gasteiger partial charge on any atom is -0.308 e. The summed E-state index contributed by atoms with van der Waals surface area (Å²) >= 11 is 0. The van der Waals surface area contributed by atoms with E-state index in [1.807, 2.05) is 32.0 Å². The maximum atomic E-state index is 11.6. The van der Waals surface area contributed by atoms with Gasteiger partial charge in [-0.3, -0.25) is 5.32 Å². The van der Waals surface area contributed by atoms with Crippen LogP contribution in [0.4, 0.5) is 16.4 Å². The Labute approximate surface area is 98.5 Å². The molecule has 1 aromatic carbocycles. The summed E-state index contributed by atoms with van der Waals surface area (Å²) in [5.74, 6) is 0.311. The molecule has 0 radical (unpaired) electrons. The van der Waals surface area contributed by atoms with Gasteiger partial charge in [0.15, 0.2) is 0 Å². The highest BCUT2D eigenvalue weighted by Crippen LogP contribution is 2.14. The molecule has 0 fully saturated rings. The number of rotatable bonds is 2. The van der Waals surface area contributed by atoms with Gasteiger partial charge in [-0.1, -0.05) is 6.07 Å². The van der Waals surface area contributed by atoms with E-state index in [1.165, 1.54) is 11.9 Å². The minimum absolute atomic E-state index is 0.311. The third-order valence-electron chi connectivity index (χ3n) is 2.41. The van der Waals surface area contributed by atoms with Crippen molar-refractivity contribution in [3.63, 3.8) is 0 Å². The third-order valence-corrected chi connectivity index (χ3v) is 2.41. The Balaban J connectivity index is 2.00. The molecule has 0 aliphatic carbocycles. The molecule has 0 spiro atoms. The predicted molar refractivity (Wildman–Crippen MR) is 64.9 cm³/mol. The van der Waals surface area contributed by atoms with Crippen LogP contribution in [0.3, 0.4) is 0 Å². The molecule has 1 aromatic heterocycles. The first kappa shape index (κ1) is 11.1. The Bertz CT molecular complexity index is 521. The zero-order chi connectivity index (χ0) is 12.3. The smallest absolute Gasteiger partial charge is 0.308 e. The first-order valence-electron chi connectivity index (χ1n) is 5.16. The minimum atomic E-state index is -0.356. The van der Waals surface area contributed by atoms with Gasteiger partial charge >= 0.3 is 6.03 Å².